The lowest BCUT2D eigenvalue weighted by Gasteiger charge is -2.12. The maximum atomic E-state index is 12.9. The molecule has 138 valence electrons. The zero-order valence-corrected chi connectivity index (χ0v) is 17.6. The largest absolute Gasteiger partial charge is 0.497 e. The minimum Gasteiger partial charge on any atom is -0.497 e. The zero-order valence-electron chi connectivity index (χ0n) is 15.3. The van der Waals surface area contributed by atoms with Gasteiger partial charge >= 0.3 is 0 Å². The average Bonchev–Trinajstić information content (AvgIpc) is 2.63. The molecule has 5 heteroatoms. The normalized spacial score (nSPS) is 10.6. The molecular formula is C22H19BrClNO2. The van der Waals surface area contributed by atoms with Crippen molar-refractivity contribution in [2.75, 3.05) is 12.4 Å². The minimum atomic E-state index is -0.105. The highest BCUT2D eigenvalue weighted by atomic mass is 79.9. The molecule has 0 bridgehead atoms. The summed E-state index contributed by atoms with van der Waals surface area (Å²) in [6.45, 7) is 3.91. The minimum absolute atomic E-state index is 0.105. The number of carbonyl (C=O) groups is 1. The molecule has 0 aliphatic rings. The van der Waals surface area contributed by atoms with Crippen LogP contribution in [0, 0.1) is 13.8 Å². The molecule has 0 saturated heterocycles. The van der Waals surface area contributed by atoms with Crippen LogP contribution in [0.1, 0.15) is 27.0 Å². The SMILES string of the molecule is COc1ccc(C(=O)c2ccc(Nc3ccc(Br)cc3C)cc2Cl)c(C)c1. The number of ketones is 1. The van der Waals surface area contributed by atoms with Crippen LogP contribution in [0.4, 0.5) is 11.4 Å². The number of carbonyl (C=O) groups excluding carboxylic acids is 1. The lowest BCUT2D eigenvalue weighted by molar-refractivity contribution is 0.103. The van der Waals surface area contributed by atoms with E-state index < -0.39 is 0 Å². The molecule has 0 fully saturated rings. The van der Waals surface area contributed by atoms with Crippen molar-refractivity contribution in [2.24, 2.45) is 0 Å². The van der Waals surface area contributed by atoms with Gasteiger partial charge in [0, 0.05) is 27.0 Å². The van der Waals surface area contributed by atoms with Crippen molar-refractivity contribution in [3.63, 3.8) is 0 Å². The van der Waals surface area contributed by atoms with E-state index in [1.807, 2.05) is 44.2 Å². The number of ether oxygens (including phenoxy) is 1. The van der Waals surface area contributed by atoms with Crippen molar-refractivity contribution in [3.05, 3.63) is 86.3 Å². The molecule has 0 heterocycles. The lowest BCUT2D eigenvalue weighted by atomic mass is 9.98. The zero-order chi connectivity index (χ0) is 19.6. The molecule has 0 unspecified atom stereocenters. The second-order valence-electron chi connectivity index (χ2n) is 6.29. The molecule has 0 amide bonds. The molecule has 3 aromatic carbocycles. The van der Waals surface area contributed by atoms with E-state index in [1.165, 1.54) is 0 Å². The van der Waals surface area contributed by atoms with Crippen LogP contribution in [0.3, 0.4) is 0 Å². The van der Waals surface area contributed by atoms with Crippen molar-refractivity contribution in [2.45, 2.75) is 13.8 Å². The van der Waals surface area contributed by atoms with Gasteiger partial charge < -0.3 is 10.1 Å². The van der Waals surface area contributed by atoms with E-state index in [0.29, 0.717) is 16.1 Å². The predicted molar refractivity (Wildman–Crippen MR) is 115 cm³/mol. The van der Waals surface area contributed by atoms with Crippen LogP contribution < -0.4 is 10.1 Å². The summed E-state index contributed by atoms with van der Waals surface area (Å²) in [5.74, 6) is 0.617. The summed E-state index contributed by atoms with van der Waals surface area (Å²) in [5, 5.41) is 3.75. The number of halogens is 2. The first-order valence-electron chi connectivity index (χ1n) is 8.41. The standard InChI is InChI=1S/C22H19BrClNO2/c1-13-11-17(27-3)6-8-18(13)22(26)19-7-5-16(12-20(19)24)25-21-9-4-15(23)10-14(21)2/h4-12,25H,1-3H3. The summed E-state index contributed by atoms with van der Waals surface area (Å²) in [4.78, 5) is 12.9. The monoisotopic (exact) mass is 443 g/mol. The summed E-state index contributed by atoms with van der Waals surface area (Å²) in [7, 11) is 1.60. The number of hydrogen-bond donors (Lipinski definition) is 1. The summed E-state index contributed by atoms with van der Waals surface area (Å²) in [5.41, 5.74) is 4.86. The van der Waals surface area contributed by atoms with Crippen LogP contribution in [0.2, 0.25) is 5.02 Å². The Morgan fingerprint density at radius 2 is 1.70 bits per heavy atom. The van der Waals surface area contributed by atoms with Crippen molar-refractivity contribution >= 4 is 44.7 Å². The maximum Gasteiger partial charge on any atom is 0.194 e. The third kappa shape index (κ3) is 4.34. The average molecular weight is 445 g/mol. The first kappa shape index (κ1) is 19.5. The van der Waals surface area contributed by atoms with Gasteiger partial charge in [0.05, 0.1) is 12.1 Å². The molecule has 3 nitrogen and oxygen atoms in total. The third-order valence-electron chi connectivity index (χ3n) is 4.36. The Kier molecular flexibility index (Phi) is 5.88. The molecule has 0 aliphatic carbocycles. The van der Waals surface area contributed by atoms with E-state index in [9.17, 15) is 4.79 Å². The molecule has 3 rings (SSSR count). The molecule has 1 N–H and O–H groups in total. The number of methoxy groups -OCH3 is 1. The van der Waals surface area contributed by atoms with Gasteiger partial charge in [-0.25, -0.2) is 0 Å². The van der Waals surface area contributed by atoms with Gasteiger partial charge in [-0.15, -0.1) is 0 Å². The van der Waals surface area contributed by atoms with Crippen molar-refractivity contribution in [3.8, 4) is 5.75 Å². The van der Waals surface area contributed by atoms with E-state index in [0.717, 1.165) is 32.7 Å². The summed E-state index contributed by atoms with van der Waals surface area (Å²) >= 11 is 9.88. The number of aryl methyl sites for hydroxylation is 2. The van der Waals surface area contributed by atoms with Crippen LogP contribution >= 0.6 is 27.5 Å². The molecule has 0 radical (unpaired) electrons. The summed E-state index contributed by atoms with van der Waals surface area (Å²) in [6, 6.07) is 16.8. The van der Waals surface area contributed by atoms with Gasteiger partial charge in [0.25, 0.3) is 0 Å². The summed E-state index contributed by atoms with van der Waals surface area (Å²) < 4.78 is 6.23. The number of hydrogen-bond acceptors (Lipinski definition) is 3. The molecular weight excluding hydrogens is 426 g/mol. The Morgan fingerprint density at radius 1 is 0.963 bits per heavy atom. The van der Waals surface area contributed by atoms with Gasteiger partial charge in [-0.1, -0.05) is 27.5 Å². The van der Waals surface area contributed by atoms with Gasteiger partial charge in [-0.05, 0) is 79.6 Å². The van der Waals surface area contributed by atoms with Crippen molar-refractivity contribution in [1.82, 2.24) is 0 Å². The molecule has 3 aromatic rings. The highest BCUT2D eigenvalue weighted by Crippen LogP contribution is 2.29. The molecule has 27 heavy (non-hydrogen) atoms. The van der Waals surface area contributed by atoms with Crippen LogP contribution in [0.5, 0.6) is 5.75 Å². The number of rotatable bonds is 5. The second-order valence-corrected chi connectivity index (χ2v) is 7.61. The van der Waals surface area contributed by atoms with Crippen LogP contribution in [-0.4, -0.2) is 12.9 Å². The molecule has 0 saturated carbocycles. The van der Waals surface area contributed by atoms with Crippen molar-refractivity contribution < 1.29 is 9.53 Å². The Labute approximate surface area is 172 Å². The molecule has 0 aliphatic heterocycles. The van der Waals surface area contributed by atoms with Gasteiger partial charge in [-0.2, -0.15) is 0 Å². The molecule has 0 aromatic heterocycles. The van der Waals surface area contributed by atoms with E-state index in [4.69, 9.17) is 16.3 Å². The fourth-order valence-electron chi connectivity index (χ4n) is 2.86. The quantitative estimate of drug-likeness (QED) is 0.445. The highest BCUT2D eigenvalue weighted by Gasteiger charge is 2.16. The summed E-state index contributed by atoms with van der Waals surface area (Å²) in [6.07, 6.45) is 0. The van der Waals surface area contributed by atoms with Crippen LogP contribution in [-0.2, 0) is 0 Å². The van der Waals surface area contributed by atoms with Crippen molar-refractivity contribution in [1.29, 1.82) is 0 Å². The van der Waals surface area contributed by atoms with Gasteiger partial charge in [0.1, 0.15) is 5.75 Å². The highest BCUT2D eigenvalue weighted by molar-refractivity contribution is 9.10. The predicted octanol–water partition coefficient (Wildman–Crippen LogP) is 6.70. The van der Waals surface area contributed by atoms with Gasteiger partial charge in [0.15, 0.2) is 5.78 Å². The Bertz CT molecular complexity index is 1020. The van der Waals surface area contributed by atoms with Gasteiger partial charge in [-0.3, -0.25) is 4.79 Å². The number of benzene rings is 3. The van der Waals surface area contributed by atoms with E-state index in [2.05, 4.69) is 21.2 Å². The fourth-order valence-corrected chi connectivity index (χ4v) is 3.60. The number of anilines is 2. The van der Waals surface area contributed by atoms with Crippen LogP contribution in [0.15, 0.2) is 59.1 Å². The second kappa shape index (κ2) is 8.15. The Morgan fingerprint density at radius 3 is 2.33 bits per heavy atom. The lowest BCUT2D eigenvalue weighted by Crippen LogP contribution is -2.05. The Hall–Kier alpha value is -2.30. The topological polar surface area (TPSA) is 38.3 Å². The fraction of sp³-hybridized carbons (Fsp3) is 0.136. The first-order chi connectivity index (χ1) is 12.9. The van der Waals surface area contributed by atoms with E-state index in [-0.39, 0.29) is 5.78 Å². The number of nitrogens with one attached hydrogen (secondary N) is 1. The third-order valence-corrected chi connectivity index (χ3v) is 5.17. The van der Waals surface area contributed by atoms with Gasteiger partial charge in [0.2, 0.25) is 0 Å². The van der Waals surface area contributed by atoms with E-state index in [1.54, 1.807) is 31.4 Å². The Balaban J connectivity index is 1.87. The van der Waals surface area contributed by atoms with Crippen LogP contribution in [0.25, 0.3) is 0 Å². The van der Waals surface area contributed by atoms with E-state index >= 15 is 0 Å². The smallest absolute Gasteiger partial charge is 0.194 e. The first-order valence-corrected chi connectivity index (χ1v) is 9.58. The molecule has 0 atom stereocenters. The maximum absolute atomic E-state index is 12.9. The molecule has 0 spiro atoms.